The molecule has 5 nitrogen and oxygen atoms in total. The minimum Gasteiger partial charge on any atom is -0.465 e. The Morgan fingerprint density at radius 3 is 1.92 bits per heavy atom. The molecule has 25 heavy (non-hydrogen) atoms. The second-order valence-corrected chi connectivity index (χ2v) is 5.17. The molecule has 0 aliphatic heterocycles. The van der Waals surface area contributed by atoms with E-state index in [2.05, 4.69) is 4.99 Å². The highest BCUT2D eigenvalue weighted by molar-refractivity contribution is 6.09. The van der Waals surface area contributed by atoms with Crippen LogP contribution in [0, 0.1) is 5.92 Å². The van der Waals surface area contributed by atoms with Crippen LogP contribution in [0.1, 0.15) is 13.8 Å². The standard InChI is InChI=1S/C20H21NO4/c1-3-24-19(22)18(20(23)25-4-2)14-21-17-12-10-16(11-13-17)15-8-6-5-7-9-15/h5-14,18H,3-4H2,1-2H3. The van der Waals surface area contributed by atoms with Crippen molar-refractivity contribution >= 4 is 23.8 Å². The molecule has 0 saturated carbocycles. The van der Waals surface area contributed by atoms with E-state index in [1.54, 1.807) is 13.8 Å². The molecule has 0 fully saturated rings. The van der Waals surface area contributed by atoms with Gasteiger partial charge in [0.25, 0.3) is 0 Å². The van der Waals surface area contributed by atoms with Crippen molar-refractivity contribution < 1.29 is 19.1 Å². The number of carbonyl (C=O) groups is 2. The van der Waals surface area contributed by atoms with Crippen molar-refractivity contribution in [3.05, 3.63) is 54.6 Å². The summed E-state index contributed by atoms with van der Waals surface area (Å²) in [5, 5.41) is 0. The van der Waals surface area contributed by atoms with Crippen molar-refractivity contribution in [1.29, 1.82) is 0 Å². The summed E-state index contributed by atoms with van der Waals surface area (Å²) in [5.74, 6) is -2.48. The Morgan fingerprint density at radius 2 is 1.40 bits per heavy atom. The van der Waals surface area contributed by atoms with Crippen LogP contribution in [-0.4, -0.2) is 31.4 Å². The van der Waals surface area contributed by atoms with Crippen LogP contribution in [0.15, 0.2) is 59.6 Å². The lowest BCUT2D eigenvalue weighted by molar-refractivity contribution is -0.157. The fraction of sp³-hybridized carbons (Fsp3) is 0.250. The summed E-state index contributed by atoms with van der Waals surface area (Å²) in [5.41, 5.74) is 2.80. The van der Waals surface area contributed by atoms with Gasteiger partial charge < -0.3 is 9.47 Å². The summed E-state index contributed by atoms with van der Waals surface area (Å²) in [6, 6.07) is 17.5. The molecule has 0 radical (unpaired) electrons. The van der Waals surface area contributed by atoms with Crippen molar-refractivity contribution in [1.82, 2.24) is 0 Å². The van der Waals surface area contributed by atoms with Gasteiger partial charge in [-0.25, -0.2) is 0 Å². The molecule has 2 aromatic carbocycles. The molecule has 0 aliphatic rings. The van der Waals surface area contributed by atoms with E-state index in [4.69, 9.17) is 9.47 Å². The summed E-state index contributed by atoms with van der Waals surface area (Å²) in [6.45, 7) is 3.74. The molecule has 0 spiro atoms. The first-order valence-electron chi connectivity index (χ1n) is 8.18. The molecule has 0 amide bonds. The molecule has 0 saturated heterocycles. The van der Waals surface area contributed by atoms with Crippen LogP contribution in [0.5, 0.6) is 0 Å². The fourth-order valence-corrected chi connectivity index (χ4v) is 2.21. The van der Waals surface area contributed by atoms with E-state index in [1.807, 2.05) is 54.6 Å². The molecule has 130 valence electrons. The van der Waals surface area contributed by atoms with Crippen LogP contribution in [0.2, 0.25) is 0 Å². The van der Waals surface area contributed by atoms with Gasteiger partial charge in [-0.05, 0) is 37.1 Å². The van der Waals surface area contributed by atoms with Crippen LogP contribution in [0.4, 0.5) is 5.69 Å². The SMILES string of the molecule is CCOC(=O)C(C=Nc1ccc(-c2ccccc2)cc1)C(=O)OCC. The molecule has 0 atom stereocenters. The number of hydrogen-bond donors (Lipinski definition) is 0. The normalized spacial score (nSPS) is 10.8. The Bertz CT molecular complexity index is 705. The monoisotopic (exact) mass is 339 g/mol. The smallest absolute Gasteiger partial charge is 0.325 e. The first-order chi connectivity index (χ1) is 12.2. The summed E-state index contributed by atoms with van der Waals surface area (Å²) >= 11 is 0. The van der Waals surface area contributed by atoms with E-state index in [1.165, 1.54) is 6.21 Å². The van der Waals surface area contributed by atoms with Gasteiger partial charge in [0.1, 0.15) is 0 Å². The first kappa shape index (κ1) is 18.4. The molecule has 2 rings (SSSR count). The summed E-state index contributed by atoms with van der Waals surface area (Å²) in [4.78, 5) is 28.0. The molecule has 0 aromatic heterocycles. The van der Waals surface area contributed by atoms with Gasteiger partial charge in [0, 0.05) is 6.21 Å². The van der Waals surface area contributed by atoms with Crippen LogP contribution < -0.4 is 0 Å². The predicted molar refractivity (Wildman–Crippen MR) is 96.8 cm³/mol. The van der Waals surface area contributed by atoms with E-state index in [0.717, 1.165) is 11.1 Å². The third kappa shape index (κ3) is 5.28. The number of benzene rings is 2. The van der Waals surface area contributed by atoms with Gasteiger partial charge in [-0.1, -0.05) is 42.5 Å². The van der Waals surface area contributed by atoms with E-state index in [-0.39, 0.29) is 13.2 Å². The lowest BCUT2D eigenvalue weighted by Crippen LogP contribution is -2.29. The maximum atomic E-state index is 11.9. The molecule has 0 N–H and O–H groups in total. The van der Waals surface area contributed by atoms with Crippen LogP contribution in [0.25, 0.3) is 11.1 Å². The molecule has 2 aromatic rings. The van der Waals surface area contributed by atoms with E-state index in [0.29, 0.717) is 5.69 Å². The number of ether oxygens (including phenoxy) is 2. The number of rotatable bonds is 7. The Morgan fingerprint density at radius 1 is 0.880 bits per heavy atom. The van der Waals surface area contributed by atoms with Gasteiger partial charge in [-0.15, -0.1) is 0 Å². The molecule has 0 unspecified atom stereocenters. The summed E-state index contributed by atoms with van der Waals surface area (Å²) < 4.78 is 9.81. The van der Waals surface area contributed by atoms with Crippen LogP contribution >= 0.6 is 0 Å². The highest BCUT2D eigenvalue weighted by Gasteiger charge is 2.27. The third-order valence-corrected chi connectivity index (χ3v) is 3.43. The van der Waals surface area contributed by atoms with Crippen molar-refractivity contribution in [3.8, 4) is 11.1 Å². The van der Waals surface area contributed by atoms with Gasteiger partial charge in [-0.3, -0.25) is 14.6 Å². The zero-order chi connectivity index (χ0) is 18.1. The Labute approximate surface area is 147 Å². The van der Waals surface area contributed by atoms with Crippen molar-refractivity contribution in [2.45, 2.75) is 13.8 Å². The van der Waals surface area contributed by atoms with Crippen molar-refractivity contribution in [2.75, 3.05) is 13.2 Å². The molecule has 0 heterocycles. The van der Waals surface area contributed by atoms with Crippen LogP contribution in [-0.2, 0) is 19.1 Å². The average molecular weight is 339 g/mol. The van der Waals surface area contributed by atoms with E-state index >= 15 is 0 Å². The molecule has 0 bridgehead atoms. The average Bonchev–Trinajstić information content (AvgIpc) is 2.63. The van der Waals surface area contributed by atoms with Gasteiger partial charge >= 0.3 is 11.9 Å². The van der Waals surface area contributed by atoms with E-state index in [9.17, 15) is 9.59 Å². The minimum atomic E-state index is -1.16. The Balaban J connectivity index is 2.14. The quantitative estimate of drug-likeness (QED) is 0.437. The van der Waals surface area contributed by atoms with Gasteiger partial charge in [0.2, 0.25) is 0 Å². The zero-order valence-corrected chi connectivity index (χ0v) is 14.3. The fourth-order valence-electron chi connectivity index (χ4n) is 2.21. The Kier molecular flexibility index (Phi) is 6.89. The second-order valence-electron chi connectivity index (χ2n) is 5.17. The van der Waals surface area contributed by atoms with Crippen molar-refractivity contribution in [2.24, 2.45) is 10.9 Å². The van der Waals surface area contributed by atoms with Crippen LogP contribution in [0.3, 0.4) is 0 Å². The number of hydrogen-bond acceptors (Lipinski definition) is 5. The largest absolute Gasteiger partial charge is 0.465 e. The molecule has 0 aliphatic carbocycles. The van der Waals surface area contributed by atoms with Gasteiger partial charge in [0.15, 0.2) is 5.92 Å². The molecular formula is C20H21NO4. The maximum absolute atomic E-state index is 11.9. The second kappa shape index (κ2) is 9.37. The minimum absolute atomic E-state index is 0.189. The van der Waals surface area contributed by atoms with Gasteiger partial charge in [-0.2, -0.15) is 0 Å². The lowest BCUT2D eigenvalue weighted by Gasteiger charge is -2.10. The number of nitrogens with zero attached hydrogens (tertiary/aromatic N) is 1. The highest BCUT2D eigenvalue weighted by Crippen LogP contribution is 2.22. The van der Waals surface area contributed by atoms with E-state index < -0.39 is 17.9 Å². The first-order valence-corrected chi connectivity index (χ1v) is 8.18. The predicted octanol–water partition coefficient (Wildman–Crippen LogP) is 3.80. The molecular weight excluding hydrogens is 318 g/mol. The zero-order valence-electron chi connectivity index (χ0n) is 14.3. The number of aliphatic imine (C=N–C) groups is 1. The summed E-state index contributed by atoms with van der Waals surface area (Å²) in [6.07, 6.45) is 1.27. The number of carbonyl (C=O) groups excluding carboxylic acids is 2. The lowest BCUT2D eigenvalue weighted by atomic mass is 10.1. The number of esters is 2. The maximum Gasteiger partial charge on any atom is 0.325 e. The highest BCUT2D eigenvalue weighted by atomic mass is 16.6. The van der Waals surface area contributed by atoms with Crippen molar-refractivity contribution in [3.63, 3.8) is 0 Å². The Hall–Kier alpha value is -2.95. The third-order valence-electron chi connectivity index (χ3n) is 3.43. The summed E-state index contributed by atoms with van der Waals surface area (Å²) in [7, 11) is 0. The van der Waals surface area contributed by atoms with Gasteiger partial charge in [0.05, 0.1) is 18.9 Å². The topological polar surface area (TPSA) is 65.0 Å². The molecule has 5 heteroatoms.